The van der Waals surface area contributed by atoms with Crippen LogP contribution in [-0.2, 0) is 7.05 Å². The van der Waals surface area contributed by atoms with Gasteiger partial charge in [-0.2, -0.15) is 0 Å². The van der Waals surface area contributed by atoms with Crippen LogP contribution in [0.25, 0.3) is 10.6 Å². The number of hydrogen-bond acceptors (Lipinski definition) is 7. The van der Waals surface area contributed by atoms with Gasteiger partial charge in [0, 0.05) is 18.0 Å². The first kappa shape index (κ1) is 12.4. The number of tetrazole rings is 1. The summed E-state index contributed by atoms with van der Waals surface area (Å²) in [5.74, 6) is 0.359. The zero-order chi connectivity index (χ0) is 13.9. The van der Waals surface area contributed by atoms with Crippen molar-refractivity contribution >= 4 is 17.0 Å². The highest BCUT2D eigenvalue weighted by atomic mass is 32.1. The molecule has 0 saturated carbocycles. The van der Waals surface area contributed by atoms with Crippen LogP contribution in [0.5, 0.6) is 0 Å². The molecule has 0 spiro atoms. The van der Waals surface area contributed by atoms with Crippen molar-refractivity contribution in [3.63, 3.8) is 0 Å². The maximum atomic E-state index is 9.20. The first-order valence-electron chi connectivity index (χ1n) is 5.75. The Morgan fingerprint density at radius 1 is 1.30 bits per heavy atom. The lowest BCUT2D eigenvalue weighted by Crippen LogP contribution is -2.11. The minimum absolute atomic E-state index is 0.246. The van der Waals surface area contributed by atoms with Gasteiger partial charge >= 0.3 is 0 Å². The van der Waals surface area contributed by atoms with E-state index in [0.29, 0.717) is 11.5 Å². The number of hydrogen-bond donors (Lipinski definition) is 1. The van der Waals surface area contributed by atoms with Crippen LogP contribution in [0.1, 0.15) is 11.5 Å². The van der Waals surface area contributed by atoms with E-state index in [2.05, 4.69) is 25.7 Å². The van der Waals surface area contributed by atoms with E-state index >= 15 is 0 Å². The zero-order valence-corrected chi connectivity index (χ0v) is 11.3. The van der Waals surface area contributed by atoms with Crippen LogP contribution in [0.4, 0.5) is 0 Å². The van der Waals surface area contributed by atoms with Crippen molar-refractivity contribution in [2.24, 2.45) is 12.2 Å². The molecule has 8 heteroatoms. The number of aryl methyl sites for hydroxylation is 1. The first-order valence-corrected chi connectivity index (χ1v) is 6.63. The number of nitrogens with zero attached hydrogens (tertiary/aromatic N) is 6. The maximum Gasteiger partial charge on any atom is 0.206 e. The van der Waals surface area contributed by atoms with E-state index in [1.165, 1.54) is 16.0 Å². The van der Waals surface area contributed by atoms with E-state index in [1.54, 1.807) is 7.05 Å². The number of aromatic nitrogens is 5. The Bertz CT molecular complexity index is 748. The Morgan fingerprint density at radius 2 is 2.10 bits per heavy atom. The second-order valence-electron chi connectivity index (χ2n) is 3.98. The molecule has 100 valence electrons. The van der Waals surface area contributed by atoms with Crippen LogP contribution in [0.15, 0.2) is 40.9 Å². The summed E-state index contributed by atoms with van der Waals surface area (Å²) in [6.07, 6.45) is 0. The molecule has 20 heavy (non-hydrogen) atoms. The van der Waals surface area contributed by atoms with Crippen molar-refractivity contribution in [2.75, 3.05) is 0 Å². The molecule has 0 amide bonds. The smallest absolute Gasteiger partial charge is 0.206 e. The lowest BCUT2D eigenvalue weighted by atomic mass is 10.2. The molecule has 3 aromatic rings. The lowest BCUT2D eigenvalue weighted by Gasteiger charge is -1.98. The molecule has 2 heterocycles. The molecule has 7 nitrogen and oxygen atoms in total. The number of oxime groups is 1. The van der Waals surface area contributed by atoms with Crippen molar-refractivity contribution in [1.82, 2.24) is 25.2 Å². The van der Waals surface area contributed by atoms with Gasteiger partial charge in [0.25, 0.3) is 0 Å². The van der Waals surface area contributed by atoms with Crippen molar-refractivity contribution in [3.05, 3.63) is 47.2 Å². The third-order valence-corrected chi connectivity index (χ3v) is 3.59. The molecule has 1 aromatic carbocycles. The van der Waals surface area contributed by atoms with Crippen molar-refractivity contribution in [3.8, 4) is 10.6 Å². The summed E-state index contributed by atoms with van der Waals surface area (Å²) in [6.45, 7) is 0. The Kier molecular flexibility index (Phi) is 3.21. The van der Waals surface area contributed by atoms with E-state index in [-0.39, 0.29) is 5.71 Å². The van der Waals surface area contributed by atoms with E-state index in [1.807, 2.05) is 35.7 Å². The fraction of sp³-hybridized carbons (Fsp3) is 0.0833. The average Bonchev–Trinajstić information content (AvgIpc) is 3.12. The normalized spacial score (nSPS) is 11.8. The summed E-state index contributed by atoms with van der Waals surface area (Å²) < 4.78 is 1.43. The van der Waals surface area contributed by atoms with Gasteiger partial charge in [0.1, 0.15) is 10.7 Å². The highest BCUT2D eigenvalue weighted by Crippen LogP contribution is 2.24. The van der Waals surface area contributed by atoms with Gasteiger partial charge in [-0.1, -0.05) is 35.5 Å². The van der Waals surface area contributed by atoms with Gasteiger partial charge in [-0.05, 0) is 10.4 Å². The quantitative estimate of drug-likeness (QED) is 0.448. The third kappa shape index (κ3) is 2.16. The minimum atomic E-state index is 0.246. The van der Waals surface area contributed by atoms with Gasteiger partial charge in [-0.3, -0.25) is 0 Å². The molecular formula is C12H10N6OS. The Labute approximate surface area is 118 Å². The molecule has 0 bridgehead atoms. The number of thiazole rings is 1. The summed E-state index contributed by atoms with van der Waals surface area (Å²) in [4.78, 5) is 4.47. The molecule has 0 unspecified atom stereocenters. The number of rotatable bonds is 3. The van der Waals surface area contributed by atoms with E-state index in [4.69, 9.17) is 0 Å². The molecule has 0 aliphatic carbocycles. The van der Waals surface area contributed by atoms with Crippen LogP contribution < -0.4 is 0 Å². The third-order valence-electron chi connectivity index (χ3n) is 2.70. The standard InChI is InChI=1S/C12H10N6OS/c1-18-11(14-16-17-18)10(15-19)9-7-20-12(13-9)8-5-3-2-4-6-8/h2-7,19H,1H3. The fourth-order valence-electron chi connectivity index (χ4n) is 1.74. The largest absolute Gasteiger partial charge is 0.410 e. The summed E-state index contributed by atoms with van der Waals surface area (Å²) in [7, 11) is 1.67. The molecule has 0 saturated heterocycles. The van der Waals surface area contributed by atoms with Gasteiger partial charge in [-0.25, -0.2) is 9.67 Å². The molecule has 2 aromatic heterocycles. The molecule has 0 aliphatic heterocycles. The first-order chi connectivity index (χ1) is 9.79. The van der Waals surface area contributed by atoms with Crippen molar-refractivity contribution in [2.45, 2.75) is 0 Å². The summed E-state index contributed by atoms with van der Waals surface area (Å²) in [5.41, 5.74) is 1.79. The summed E-state index contributed by atoms with van der Waals surface area (Å²) in [5, 5.41) is 26.2. The highest BCUT2D eigenvalue weighted by molar-refractivity contribution is 7.13. The average molecular weight is 286 g/mol. The summed E-state index contributed by atoms with van der Waals surface area (Å²) >= 11 is 1.47. The lowest BCUT2D eigenvalue weighted by molar-refractivity contribution is 0.319. The molecule has 3 rings (SSSR count). The monoisotopic (exact) mass is 286 g/mol. The minimum Gasteiger partial charge on any atom is -0.410 e. The van der Waals surface area contributed by atoms with Gasteiger partial charge in [0.15, 0.2) is 5.71 Å². The SMILES string of the molecule is Cn1nnnc1C(=NO)c1csc(-c2ccccc2)n1. The highest BCUT2D eigenvalue weighted by Gasteiger charge is 2.18. The molecule has 0 fully saturated rings. The molecular weight excluding hydrogens is 276 g/mol. The summed E-state index contributed by atoms with van der Waals surface area (Å²) in [6, 6.07) is 9.79. The molecule has 1 N–H and O–H groups in total. The van der Waals surface area contributed by atoms with Gasteiger partial charge in [0.05, 0.1) is 0 Å². The van der Waals surface area contributed by atoms with Crippen molar-refractivity contribution in [1.29, 1.82) is 0 Å². The Balaban J connectivity index is 2.00. The molecule has 0 radical (unpaired) electrons. The maximum absolute atomic E-state index is 9.20. The van der Waals surface area contributed by atoms with Gasteiger partial charge in [0.2, 0.25) is 5.82 Å². The van der Waals surface area contributed by atoms with Crippen LogP contribution in [0.3, 0.4) is 0 Å². The fourth-order valence-corrected chi connectivity index (χ4v) is 2.55. The second-order valence-corrected chi connectivity index (χ2v) is 4.84. The van der Waals surface area contributed by atoms with Crippen LogP contribution >= 0.6 is 11.3 Å². The van der Waals surface area contributed by atoms with Gasteiger partial charge < -0.3 is 5.21 Å². The van der Waals surface area contributed by atoms with E-state index in [0.717, 1.165) is 10.6 Å². The molecule has 0 atom stereocenters. The predicted molar refractivity (Wildman–Crippen MR) is 73.8 cm³/mol. The predicted octanol–water partition coefficient (Wildman–Crippen LogP) is 1.56. The Morgan fingerprint density at radius 3 is 2.75 bits per heavy atom. The van der Waals surface area contributed by atoms with Crippen LogP contribution in [0, 0.1) is 0 Å². The molecule has 0 aliphatic rings. The van der Waals surface area contributed by atoms with Crippen LogP contribution in [0.2, 0.25) is 0 Å². The van der Waals surface area contributed by atoms with E-state index < -0.39 is 0 Å². The number of benzene rings is 1. The second kappa shape index (κ2) is 5.17. The van der Waals surface area contributed by atoms with Crippen LogP contribution in [-0.4, -0.2) is 36.1 Å². The van der Waals surface area contributed by atoms with Crippen molar-refractivity contribution < 1.29 is 5.21 Å². The zero-order valence-electron chi connectivity index (χ0n) is 10.5. The van der Waals surface area contributed by atoms with E-state index in [9.17, 15) is 5.21 Å². The van der Waals surface area contributed by atoms with Gasteiger partial charge in [-0.15, -0.1) is 16.4 Å². The Hall–Kier alpha value is -2.61. The topological polar surface area (TPSA) is 89.1 Å².